The molecule has 3 aromatic carbocycles. The lowest BCUT2D eigenvalue weighted by atomic mass is 10.1. The lowest BCUT2D eigenvalue weighted by molar-refractivity contribution is -0.137. The molecule has 0 saturated carbocycles. The number of hydrogen-bond acceptors (Lipinski definition) is 5. The lowest BCUT2D eigenvalue weighted by Crippen LogP contribution is -2.20. The van der Waals surface area contributed by atoms with Gasteiger partial charge in [0.25, 0.3) is 0 Å². The number of halogens is 3. The van der Waals surface area contributed by atoms with Crippen molar-refractivity contribution >= 4 is 23.4 Å². The molecule has 0 fully saturated rings. The fourth-order valence-corrected chi connectivity index (χ4v) is 3.97. The van der Waals surface area contributed by atoms with Crippen LogP contribution in [0.2, 0.25) is 0 Å². The molecule has 0 saturated heterocycles. The van der Waals surface area contributed by atoms with Crippen LogP contribution in [0.4, 0.5) is 18.9 Å². The quantitative estimate of drug-likeness (QED) is 0.407. The van der Waals surface area contributed by atoms with E-state index in [1.54, 1.807) is 24.3 Å². The second-order valence-electron chi connectivity index (χ2n) is 6.69. The third-order valence-corrected chi connectivity index (χ3v) is 5.65. The zero-order chi connectivity index (χ0) is 22.6. The lowest BCUT2D eigenvalue weighted by Gasteiger charge is -2.17. The number of para-hydroxylation sites is 1. The van der Waals surface area contributed by atoms with Crippen LogP contribution in [-0.4, -0.2) is 26.1 Å². The number of carbonyl (C=O) groups excluding carboxylic acids is 1. The van der Waals surface area contributed by atoms with Crippen molar-refractivity contribution in [3.05, 3.63) is 96.1 Å². The van der Waals surface area contributed by atoms with Crippen molar-refractivity contribution < 1.29 is 18.0 Å². The van der Waals surface area contributed by atoms with Gasteiger partial charge in [0, 0.05) is 5.69 Å². The summed E-state index contributed by atoms with van der Waals surface area (Å²) in [5.41, 5.74) is 0.580. The topological polar surface area (TPSA) is 72.7 Å². The number of rotatable bonds is 6. The van der Waals surface area contributed by atoms with Crippen LogP contribution in [-0.2, 0) is 11.0 Å². The predicted molar refractivity (Wildman–Crippen MR) is 114 cm³/mol. The Morgan fingerprint density at radius 3 is 2.31 bits per heavy atom. The zero-order valence-electron chi connectivity index (χ0n) is 16.4. The Kier molecular flexibility index (Phi) is 6.22. The number of anilines is 1. The van der Waals surface area contributed by atoms with Crippen molar-refractivity contribution in [2.75, 3.05) is 5.32 Å². The molecule has 0 aliphatic heterocycles. The molecule has 10 heteroatoms. The Bertz CT molecular complexity index is 1200. The van der Waals surface area contributed by atoms with Crippen LogP contribution in [0.1, 0.15) is 16.4 Å². The summed E-state index contributed by atoms with van der Waals surface area (Å²) in [6, 6.07) is 22.6. The third kappa shape index (κ3) is 4.97. The van der Waals surface area contributed by atoms with Gasteiger partial charge in [0.05, 0.1) is 11.3 Å². The van der Waals surface area contributed by atoms with E-state index in [0.717, 1.165) is 23.9 Å². The molecule has 1 aromatic heterocycles. The van der Waals surface area contributed by atoms with Crippen molar-refractivity contribution in [2.24, 2.45) is 0 Å². The number of amides is 1. The summed E-state index contributed by atoms with van der Waals surface area (Å²) in [7, 11) is 0. The maximum absolute atomic E-state index is 13.2. The van der Waals surface area contributed by atoms with Gasteiger partial charge in [-0.3, -0.25) is 4.79 Å². The molecule has 162 valence electrons. The molecule has 1 amide bonds. The highest BCUT2D eigenvalue weighted by molar-refractivity contribution is 8.00. The SMILES string of the molecule is O=C(Nc1cccc(C(F)(F)F)c1)[C@@H](Sc1nnnn1-c1ccccc1)c1ccccc1. The minimum absolute atomic E-state index is 0.0500. The van der Waals surface area contributed by atoms with E-state index in [0.29, 0.717) is 16.4 Å². The zero-order valence-corrected chi connectivity index (χ0v) is 17.2. The summed E-state index contributed by atoms with van der Waals surface area (Å²) >= 11 is 1.10. The van der Waals surface area contributed by atoms with Gasteiger partial charge in [-0.1, -0.05) is 66.4 Å². The first-order chi connectivity index (χ1) is 15.4. The highest BCUT2D eigenvalue weighted by atomic mass is 32.2. The van der Waals surface area contributed by atoms with Crippen molar-refractivity contribution in [3.63, 3.8) is 0 Å². The van der Waals surface area contributed by atoms with Gasteiger partial charge < -0.3 is 5.32 Å². The Balaban J connectivity index is 1.63. The highest BCUT2D eigenvalue weighted by Gasteiger charge is 2.31. The fraction of sp³-hybridized carbons (Fsp3) is 0.0909. The van der Waals surface area contributed by atoms with Crippen molar-refractivity contribution in [2.45, 2.75) is 16.6 Å². The van der Waals surface area contributed by atoms with Crippen LogP contribution >= 0.6 is 11.8 Å². The largest absolute Gasteiger partial charge is 0.416 e. The minimum Gasteiger partial charge on any atom is -0.325 e. The third-order valence-electron chi connectivity index (χ3n) is 4.46. The van der Waals surface area contributed by atoms with Gasteiger partial charge in [0.1, 0.15) is 5.25 Å². The molecular formula is C22H16F3N5OS. The number of tetrazole rings is 1. The summed E-state index contributed by atoms with van der Waals surface area (Å²) in [6.07, 6.45) is -4.51. The van der Waals surface area contributed by atoms with E-state index < -0.39 is 22.9 Å². The second-order valence-corrected chi connectivity index (χ2v) is 7.76. The highest BCUT2D eigenvalue weighted by Crippen LogP contribution is 2.36. The van der Waals surface area contributed by atoms with E-state index in [-0.39, 0.29) is 5.69 Å². The van der Waals surface area contributed by atoms with E-state index in [2.05, 4.69) is 20.8 Å². The molecule has 0 unspecified atom stereocenters. The molecule has 4 aromatic rings. The molecule has 4 rings (SSSR count). The smallest absolute Gasteiger partial charge is 0.325 e. The fourth-order valence-electron chi connectivity index (χ4n) is 2.97. The van der Waals surface area contributed by atoms with Crippen LogP contribution in [0.5, 0.6) is 0 Å². The standard InChI is InChI=1S/C22H16F3N5OS/c23-22(24,25)16-10-7-11-17(14-16)26-20(31)19(15-8-3-1-4-9-15)32-21-27-28-29-30(21)18-12-5-2-6-13-18/h1-14,19H,(H,26,31)/t19-/m0/s1. The normalized spacial score (nSPS) is 12.3. The molecule has 0 aliphatic rings. The van der Waals surface area contributed by atoms with Gasteiger partial charge in [-0.05, 0) is 46.3 Å². The molecule has 0 aliphatic carbocycles. The summed E-state index contributed by atoms with van der Waals surface area (Å²) in [4.78, 5) is 13.2. The number of nitrogens with one attached hydrogen (secondary N) is 1. The Morgan fingerprint density at radius 1 is 0.938 bits per heavy atom. The number of carbonyl (C=O) groups is 1. The van der Waals surface area contributed by atoms with Crippen LogP contribution in [0, 0.1) is 0 Å². The van der Waals surface area contributed by atoms with Crippen molar-refractivity contribution in [3.8, 4) is 5.69 Å². The molecule has 6 nitrogen and oxygen atoms in total. The molecule has 1 heterocycles. The van der Waals surface area contributed by atoms with E-state index in [4.69, 9.17) is 0 Å². The van der Waals surface area contributed by atoms with E-state index in [1.165, 1.54) is 16.8 Å². The minimum atomic E-state index is -4.51. The summed E-state index contributed by atoms with van der Waals surface area (Å²) in [5, 5.41) is 13.9. The number of benzene rings is 3. The molecule has 32 heavy (non-hydrogen) atoms. The first-order valence-electron chi connectivity index (χ1n) is 9.45. The molecule has 1 N–H and O–H groups in total. The molecule has 0 radical (unpaired) electrons. The average molecular weight is 455 g/mol. The van der Waals surface area contributed by atoms with Gasteiger partial charge in [0.15, 0.2) is 0 Å². The number of nitrogens with zero attached hydrogens (tertiary/aromatic N) is 4. The van der Waals surface area contributed by atoms with Crippen LogP contribution in [0.3, 0.4) is 0 Å². The van der Waals surface area contributed by atoms with E-state index >= 15 is 0 Å². The number of alkyl halides is 3. The Morgan fingerprint density at radius 2 is 1.62 bits per heavy atom. The molecule has 0 spiro atoms. The summed E-state index contributed by atoms with van der Waals surface area (Å²) in [5.74, 6) is -0.497. The van der Waals surface area contributed by atoms with E-state index in [9.17, 15) is 18.0 Å². The number of hydrogen-bond donors (Lipinski definition) is 1. The maximum atomic E-state index is 13.2. The maximum Gasteiger partial charge on any atom is 0.416 e. The second kappa shape index (κ2) is 9.23. The molecule has 1 atom stereocenters. The van der Waals surface area contributed by atoms with Gasteiger partial charge in [0.2, 0.25) is 11.1 Å². The monoisotopic (exact) mass is 455 g/mol. The first kappa shape index (κ1) is 21.6. The number of thioether (sulfide) groups is 1. The van der Waals surface area contributed by atoms with E-state index in [1.807, 2.05) is 36.4 Å². The van der Waals surface area contributed by atoms with Gasteiger partial charge in [-0.2, -0.15) is 17.9 Å². The average Bonchev–Trinajstić information content (AvgIpc) is 3.26. The molecule has 0 bridgehead atoms. The van der Waals surface area contributed by atoms with Crippen molar-refractivity contribution in [1.29, 1.82) is 0 Å². The number of aromatic nitrogens is 4. The van der Waals surface area contributed by atoms with Gasteiger partial charge in [-0.15, -0.1) is 5.10 Å². The predicted octanol–water partition coefficient (Wildman–Crippen LogP) is 5.15. The van der Waals surface area contributed by atoms with Crippen molar-refractivity contribution in [1.82, 2.24) is 20.2 Å². The van der Waals surface area contributed by atoms with Crippen LogP contribution < -0.4 is 5.32 Å². The first-order valence-corrected chi connectivity index (χ1v) is 10.3. The Labute approximate surface area is 185 Å². The summed E-state index contributed by atoms with van der Waals surface area (Å²) in [6.45, 7) is 0. The van der Waals surface area contributed by atoms with Crippen LogP contribution in [0.25, 0.3) is 5.69 Å². The molecular weight excluding hydrogens is 439 g/mol. The van der Waals surface area contributed by atoms with Gasteiger partial charge in [-0.25, -0.2) is 0 Å². The van der Waals surface area contributed by atoms with Gasteiger partial charge >= 0.3 is 6.18 Å². The summed E-state index contributed by atoms with van der Waals surface area (Å²) < 4.78 is 40.6. The van der Waals surface area contributed by atoms with Crippen LogP contribution in [0.15, 0.2) is 90.1 Å². The Hall–Kier alpha value is -3.66.